The van der Waals surface area contributed by atoms with Crippen molar-refractivity contribution in [2.75, 3.05) is 24.0 Å². The Labute approximate surface area is 161 Å². The number of methoxy groups -OCH3 is 1. The molecule has 3 aromatic rings. The van der Waals surface area contributed by atoms with Crippen molar-refractivity contribution in [3.05, 3.63) is 53.6 Å². The Hall–Kier alpha value is -3.00. The van der Waals surface area contributed by atoms with Crippen LogP contribution in [0.4, 0.5) is 5.69 Å². The summed E-state index contributed by atoms with van der Waals surface area (Å²) in [6.45, 7) is 3.95. The van der Waals surface area contributed by atoms with Gasteiger partial charge >= 0.3 is 0 Å². The van der Waals surface area contributed by atoms with Gasteiger partial charge in [0.2, 0.25) is 11.1 Å². The number of amides is 1. The van der Waals surface area contributed by atoms with Crippen LogP contribution < -0.4 is 15.9 Å². The smallest absolute Gasteiger partial charge is 0.234 e. The molecule has 3 rings (SSSR count). The van der Waals surface area contributed by atoms with Crippen LogP contribution in [0, 0.1) is 13.8 Å². The van der Waals surface area contributed by atoms with Gasteiger partial charge in [-0.2, -0.15) is 0 Å². The number of carbonyl (C=O) groups is 1. The molecule has 0 fully saturated rings. The van der Waals surface area contributed by atoms with Crippen LogP contribution >= 0.6 is 11.8 Å². The standard InChI is InChI=1S/C19H21N5O2S/c1-12-5-4-6-14(9-12)18-22-23-19(24(18)20)27-11-17(25)21-15-10-13(2)7-8-16(15)26-3/h4-10H,11,20H2,1-3H3,(H,21,25). The number of benzene rings is 2. The van der Waals surface area contributed by atoms with Crippen LogP contribution in [-0.4, -0.2) is 33.6 Å². The molecule has 1 heterocycles. The maximum Gasteiger partial charge on any atom is 0.234 e. The number of carbonyl (C=O) groups excluding carboxylic acids is 1. The molecule has 0 bridgehead atoms. The van der Waals surface area contributed by atoms with Crippen LogP contribution in [0.3, 0.4) is 0 Å². The highest BCUT2D eigenvalue weighted by atomic mass is 32.2. The van der Waals surface area contributed by atoms with Gasteiger partial charge in [-0.1, -0.05) is 41.6 Å². The highest BCUT2D eigenvalue weighted by Crippen LogP contribution is 2.26. The zero-order valence-electron chi connectivity index (χ0n) is 15.4. The molecule has 7 nitrogen and oxygen atoms in total. The highest BCUT2D eigenvalue weighted by molar-refractivity contribution is 7.99. The molecule has 1 aromatic heterocycles. The number of nitrogen functional groups attached to an aromatic ring is 1. The fraction of sp³-hybridized carbons (Fsp3) is 0.211. The van der Waals surface area contributed by atoms with Crippen molar-refractivity contribution in [1.29, 1.82) is 0 Å². The SMILES string of the molecule is COc1ccc(C)cc1NC(=O)CSc1nnc(-c2cccc(C)c2)n1N. The van der Waals surface area contributed by atoms with Gasteiger partial charge in [0.1, 0.15) is 5.75 Å². The first kappa shape index (κ1) is 18.8. The number of aromatic nitrogens is 3. The van der Waals surface area contributed by atoms with Crippen LogP contribution in [0.5, 0.6) is 5.75 Å². The van der Waals surface area contributed by atoms with Gasteiger partial charge in [-0.3, -0.25) is 4.79 Å². The second-order valence-electron chi connectivity index (χ2n) is 6.09. The van der Waals surface area contributed by atoms with E-state index in [1.807, 2.05) is 56.3 Å². The van der Waals surface area contributed by atoms with Gasteiger partial charge in [0.15, 0.2) is 5.82 Å². The Bertz CT molecular complexity index is 970. The van der Waals surface area contributed by atoms with E-state index in [0.29, 0.717) is 22.4 Å². The first-order valence-corrected chi connectivity index (χ1v) is 9.31. The second kappa shape index (κ2) is 8.13. The Kier molecular flexibility index (Phi) is 5.66. The number of hydrogen-bond acceptors (Lipinski definition) is 6. The maximum atomic E-state index is 12.3. The third kappa shape index (κ3) is 4.40. The minimum Gasteiger partial charge on any atom is -0.495 e. The quantitative estimate of drug-likeness (QED) is 0.502. The molecule has 1 amide bonds. The molecule has 0 spiro atoms. The van der Waals surface area contributed by atoms with E-state index in [-0.39, 0.29) is 11.7 Å². The first-order valence-electron chi connectivity index (χ1n) is 8.32. The number of thioether (sulfide) groups is 1. The Morgan fingerprint density at radius 2 is 1.96 bits per heavy atom. The molecule has 2 aromatic carbocycles. The fourth-order valence-electron chi connectivity index (χ4n) is 2.59. The number of nitrogens with zero attached hydrogens (tertiary/aromatic N) is 3. The van der Waals surface area contributed by atoms with E-state index in [1.165, 1.54) is 16.4 Å². The summed E-state index contributed by atoms with van der Waals surface area (Å²) in [6, 6.07) is 13.5. The molecule has 0 aliphatic rings. The molecule has 0 saturated carbocycles. The summed E-state index contributed by atoms with van der Waals surface area (Å²) in [5.74, 6) is 7.26. The van der Waals surface area contributed by atoms with E-state index in [0.717, 1.165) is 16.7 Å². The lowest BCUT2D eigenvalue weighted by Gasteiger charge is -2.10. The average Bonchev–Trinajstić information content (AvgIpc) is 3.01. The largest absolute Gasteiger partial charge is 0.495 e. The van der Waals surface area contributed by atoms with Gasteiger partial charge in [0, 0.05) is 5.56 Å². The number of anilines is 1. The van der Waals surface area contributed by atoms with Gasteiger partial charge < -0.3 is 15.9 Å². The van der Waals surface area contributed by atoms with Crippen molar-refractivity contribution in [3.8, 4) is 17.1 Å². The average molecular weight is 383 g/mol. The number of nitrogens with one attached hydrogen (secondary N) is 1. The third-order valence-electron chi connectivity index (χ3n) is 3.90. The van der Waals surface area contributed by atoms with Crippen LogP contribution in [0.25, 0.3) is 11.4 Å². The van der Waals surface area contributed by atoms with Gasteiger partial charge in [-0.25, -0.2) is 4.68 Å². The maximum absolute atomic E-state index is 12.3. The van der Waals surface area contributed by atoms with Crippen LogP contribution in [-0.2, 0) is 4.79 Å². The van der Waals surface area contributed by atoms with Crippen molar-refractivity contribution >= 4 is 23.4 Å². The predicted octanol–water partition coefficient (Wildman–Crippen LogP) is 3.02. The molecule has 140 valence electrons. The molecular weight excluding hydrogens is 362 g/mol. The van der Waals surface area contributed by atoms with E-state index >= 15 is 0 Å². The zero-order chi connectivity index (χ0) is 19.4. The summed E-state index contributed by atoms with van der Waals surface area (Å²) in [5.41, 5.74) is 3.66. The Morgan fingerprint density at radius 3 is 2.70 bits per heavy atom. The van der Waals surface area contributed by atoms with Crippen molar-refractivity contribution in [3.63, 3.8) is 0 Å². The van der Waals surface area contributed by atoms with E-state index < -0.39 is 0 Å². The molecule has 27 heavy (non-hydrogen) atoms. The second-order valence-corrected chi connectivity index (χ2v) is 7.03. The third-order valence-corrected chi connectivity index (χ3v) is 4.85. The van der Waals surface area contributed by atoms with Crippen molar-refractivity contribution < 1.29 is 9.53 Å². The number of nitrogens with two attached hydrogens (primary N) is 1. The number of hydrogen-bond donors (Lipinski definition) is 2. The van der Waals surface area contributed by atoms with E-state index in [1.54, 1.807) is 7.11 Å². The van der Waals surface area contributed by atoms with Crippen molar-refractivity contribution in [2.45, 2.75) is 19.0 Å². The summed E-state index contributed by atoms with van der Waals surface area (Å²) < 4.78 is 6.68. The number of aryl methyl sites for hydroxylation is 2. The van der Waals surface area contributed by atoms with E-state index in [9.17, 15) is 4.79 Å². The van der Waals surface area contributed by atoms with Crippen molar-refractivity contribution in [2.24, 2.45) is 0 Å². The molecule has 0 atom stereocenters. The molecule has 0 saturated heterocycles. The number of ether oxygens (including phenoxy) is 1. The van der Waals surface area contributed by atoms with Gasteiger partial charge in [-0.05, 0) is 37.6 Å². The summed E-state index contributed by atoms with van der Waals surface area (Å²) in [5, 5.41) is 11.6. The van der Waals surface area contributed by atoms with E-state index in [2.05, 4.69) is 15.5 Å². The molecule has 0 aliphatic carbocycles. The Morgan fingerprint density at radius 1 is 1.19 bits per heavy atom. The topological polar surface area (TPSA) is 95.1 Å². The summed E-state index contributed by atoms with van der Waals surface area (Å²) in [7, 11) is 1.57. The normalized spacial score (nSPS) is 10.6. The first-order chi connectivity index (χ1) is 13.0. The molecule has 0 aliphatic heterocycles. The lowest BCUT2D eigenvalue weighted by atomic mass is 10.1. The summed E-state index contributed by atoms with van der Waals surface area (Å²) >= 11 is 1.22. The van der Waals surface area contributed by atoms with Gasteiger partial charge in [-0.15, -0.1) is 10.2 Å². The minimum absolute atomic E-state index is 0.153. The predicted molar refractivity (Wildman–Crippen MR) is 107 cm³/mol. The van der Waals surface area contributed by atoms with Crippen LogP contribution in [0.15, 0.2) is 47.6 Å². The molecule has 0 unspecified atom stereocenters. The summed E-state index contributed by atoms with van der Waals surface area (Å²) in [4.78, 5) is 12.3. The monoisotopic (exact) mass is 383 g/mol. The molecule has 3 N–H and O–H groups in total. The lowest BCUT2D eigenvalue weighted by Crippen LogP contribution is -2.17. The van der Waals surface area contributed by atoms with Crippen molar-refractivity contribution in [1.82, 2.24) is 14.9 Å². The zero-order valence-corrected chi connectivity index (χ0v) is 16.2. The van der Waals surface area contributed by atoms with Crippen LogP contribution in [0.2, 0.25) is 0 Å². The number of rotatable bonds is 6. The minimum atomic E-state index is -0.177. The summed E-state index contributed by atoms with van der Waals surface area (Å²) in [6.07, 6.45) is 0. The highest BCUT2D eigenvalue weighted by Gasteiger charge is 2.15. The fourth-order valence-corrected chi connectivity index (χ4v) is 3.25. The van der Waals surface area contributed by atoms with Gasteiger partial charge in [0.05, 0.1) is 18.6 Å². The van der Waals surface area contributed by atoms with Crippen LogP contribution in [0.1, 0.15) is 11.1 Å². The van der Waals surface area contributed by atoms with Gasteiger partial charge in [0.25, 0.3) is 0 Å². The molecule has 0 radical (unpaired) electrons. The molecular formula is C19H21N5O2S. The molecule has 8 heteroatoms. The lowest BCUT2D eigenvalue weighted by molar-refractivity contribution is -0.113. The van der Waals surface area contributed by atoms with E-state index in [4.69, 9.17) is 10.6 Å². The Balaban J connectivity index is 1.67.